The van der Waals surface area contributed by atoms with Gasteiger partial charge in [-0.05, 0) is 42.9 Å². The molecule has 2 amide bonds. The topological polar surface area (TPSA) is 87.1 Å². The van der Waals surface area contributed by atoms with E-state index in [-0.39, 0.29) is 42.7 Å². The van der Waals surface area contributed by atoms with Gasteiger partial charge in [0.2, 0.25) is 5.91 Å². The largest absolute Gasteiger partial charge is 0.465 e. The van der Waals surface area contributed by atoms with Gasteiger partial charge in [0.15, 0.2) is 0 Å². The van der Waals surface area contributed by atoms with Crippen molar-refractivity contribution in [2.24, 2.45) is 17.8 Å². The minimum Gasteiger partial charge on any atom is -0.465 e. The van der Waals surface area contributed by atoms with Gasteiger partial charge in [-0.3, -0.25) is 14.4 Å². The van der Waals surface area contributed by atoms with Gasteiger partial charge in [0.05, 0.1) is 46.5 Å². The SMILES string of the molecule is C=CCCOC(=O)[C@@H]1[C@H]2C(=O)N([C@H](CO)c3ccccc3)C(C(=O)N(CC=C)c3c(C)cccc3Cl)C23S[C@@H]1CC3C. The first-order valence-electron chi connectivity index (χ1n) is 14.3. The van der Waals surface area contributed by atoms with Gasteiger partial charge in [-0.25, -0.2) is 0 Å². The van der Waals surface area contributed by atoms with Crippen molar-refractivity contribution in [1.82, 2.24) is 4.90 Å². The second kappa shape index (κ2) is 12.3. The summed E-state index contributed by atoms with van der Waals surface area (Å²) in [5.74, 6) is -2.54. The van der Waals surface area contributed by atoms with Gasteiger partial charge in [0, 0.05) is 11.8 Å². The monoisotopic (exact) mass is 608 g/mol. The van der Waals surface area contributed by atoms with Crippen LogP contribution in [0.3, 0.4) is 0 Å². The summed E-state index contributed by atoms with van der Waals surface area (Å²) in [6, 6.07) is 12.9. The zero-order valence-corrected chi connectivity index (χ0v) is 25.5. The second-order valence-electron chi connectivity index (χ2n) is 11.3. The first kappa shape index (κ1) is 30.4. The van der Waals surface area contributed by atoms with Crippen molar-refractivity contribution in [2.45, 2.75) is 48.8 Å². The third kappa shape index (κ3) is 4.77. The fraction of sp³-hybridized carbons (Fsp3) is 0.424. The van der Waals surface area contributed by atoms with Crippen LogP contribution in [0.4, 0.5) is 5.69 Å². The van der Waals surface area contributed by atoms with Crippen molar-refractivity contribution in [3.63, 3.8) is 0 Å². The highest BCUT2D eigenvalue weighted by atomic mass is 35.5. The molecule has 222 valence electrons. The fourth-order valence-electron chi connectivity index (χ4n) is 7.24. The predicted octanol–water partition coefficient (Wildman–Crippen LogP) is 5.36. The number of likely N-dealkylation sites (tertiary alicyclic amines) is 1. The number of thioether (sulfide) groups is 1. The molecule has 3 aliphatic rings. The molecule has 1 spiro atoms. The fourth-order valence-corrected chi connectivity index (χ4v) is 9.96. The molecule has 9 heteroatoms. The van der Waals surface area contributed by atoms with Crippen LogP contribution in [0.5, 0.6) is 0 Å². The second-order valence-corrected chi connectivity index (χ2v) is 13.3. The lowest BCUT2D eigenvalue weighted by atomic mass is 9.66. The molecule has 3 unspecified atom stereocenters. The van der Waals surface area contributed by atoms with Crippen LogP contribution in [-0.2, 0) is 19.1 Å². The first-order chi connectivity index (χ1) is 20.2. The number of rotatable bonds is 11. The standard InChI is InChI=1S/C33H37ClN2O5S/c1-5-7-17-41-32(40)26-25-18-21(4)33(42-25)27(26)30(38)36(24(19-37)22-13-9-8-10-14-22)29(33)31(39)35(16-6-2)28-20(3)12-11-15-23(28)34/h5-6,8-15,21,24-27,29,37H,1-2,7,16-19H2,3-4H3/t21?,24-,25-,26+,27+,29?,33?/m1/s1. The molecule has 3 fully saturated rings. The Labute approximate surface area is 256 Å². The zero-order valence-electron chi connectivity index (χ0n) is 23.9. The summed E-state index contributed by atoms with van der Waals surface area (Å²) >= 11 is 8.25. The van der Waals surface area contributed by atoms with Crippen LogP contribution in [0.2, 0.25) is 5.02 Å². The smallest absolute Gasteiger partial charge is 0.310 e. The van der Waals surface area contributed by atoms with Gasteiger partial charge in [-0.15, -0.1) is 24.9 Å². The summed E-state index contributed by atoms with van der Waals surface area (Å²) in [6.07, 6.45) is 4.51. The molecule has 2 aromatic carbocycles. The number of nitrogens with zero attached hydrogens (tertiary/aromatic N) is 2. The van der Waals surface area contributed by atoms with Crippen LogP contribution in [-0.4, -0.2) is 63.6 Å². The van der Waals surface area contributed by atoms with Gasteiger partial charge < -0.3 is 19.6 Å². The van der Waals surface area contributed by atoms with Crippen molar-refractivity contribution in [1.29, 1.82) is 0 Å². The Morgan fingerprint density at radius 3 is 2.60 bits per heavy atom. The molecule has 5 rings (SSSR count). The van der Waals surface area contributed by atoms with Crippen molar-refractivity contribution >= 4 is 46.8 Å². The van der Waals surface area contributed by atoms with Gasteiger partial charge in [0.1, 0.15) is 6.04 Å². The van der Waals surface area contributed by atoms with Crippen LogP contribution in [0.25, 0.3) is 0 Å². The number of hydrogen-bond donors (Lipinski definition) is 1. The highest BCUT2D eigenvalue weighted by molar-refractivity contribution is 8.02. The van der Waals surface area contributed by atoms with E-state index in [4.69, 9.17) is 16.3 Å². The van der Waals surface area contributed by atoms with E-state index in [1.807, 2.05) is 49.4 Å². The number of carbonyl (C=O) groups excluding carboxylic acids is 3. The Hall–Kier alpha value is -3.07. The average molecular weight is 609 g/mol. The maximum Gasteiger partial charge on any atom is 0.310 e. The van der Waals surface area contributed by atoms with E-state index in [1.165, 1.54) is 0 Å². The number of carbonyl (C=O) groups is 3. The van der Waals surface area contributed by atoms with E-state index < -0.39 is 34.6 Å². The number of ether oxygens (including phenoxy) is 1. The number of halogens is 1. The number of para-hydroxylation sites is 1. The minimum atomic E-state index is -0.959. The van der Waals surface area contributed by atoms with E-state index in [0.29, 0.717) is 29.1 Å². The number of fused-ring (bicyclic) bond motifs is 1. The molecule has 3 aliphatic heterocycles. The maximum atomic E-state index is 15.0. The van der Waals surface area contributed by atoms with Crippen LogP contribution in [0.1, 0.15) is 36.9 Å². The number of aryl methyl sites for hydroxylation is 1. The quantitative estimate of drug-likeness (QED) is 0.210. The third-order valence-corrected chi connectivity index (χ3v) is 11.4. The Morgan fingerprint density at radius 2 is 1.95 bits per heavy atom. The highest BCUT2D eigenvalue weighted by Crippen LogP contribution is 2.69. The first-order valence-corrected chi connectivity index (χ1v) is 15.6. The summed E-state index contributed by atoms with van der Waals surface area (Å²) in [5, 5.41) is 11.0. The normalized spacial score (nSPS) is 28.3. The number of amides is 2. The molecule has 1 N–H and O–H groups in total. The Morgan fingerprint density at radius 1 is 1.21 bits per heavy atom. The van der Waals surface area contributed by atoms with Crippen LogP contribution in [0, 0.1) is 24.7 Å². The molecule has 3 saturated heterocycles. The number of benzene rings is 2. The molecule has 2 aromatic rings. The number of hydrogen-bond acceptors (Lipinski definition) is 6. The molecule has 0 aromatic heterocycles. The number of anilines is 1. The molecule has 0 saturated carbocycles. The van der Waals surface area contributed by atoms with Crippen molar-refractivity contribution in [3.8, 4) is 0 Å². The summed E-state index contributed by atoms with van der Waals surface area (Å²) in [6.45, 7) is 11.5. The Kier molecular flexibility index (Phi) is 8.88. The Balaban J connectivity index is 1.67. The number of aliphatic hydroxyl groups is 1. The molecule has 0 aliphatic carbocycles. The van der Waals surface area contributed by atoms with Crippen LogP contribution in [0.15, 0.2) is 73.8 Å². The number of esters is 1. The van der Waals surface area contributed by atoms with Gasteiger partial charge in [-0.2, -0.15) is 0 Å². The average Bonchev–Trinajstić information content (AvgIpc) is 3.57. The third-order valence-electron chi connectivity index (χ3n) is 8.98. The molecule has 7 atom stereocenters. The van der Waals surface area contributed by atoms with Crippen molar-refractivity contribution in [3.05, 3.63) is 90.0 Å². The molecule has 3 heterocycles. The van der Waals surface area contributed by atoms with E-state index in [9.17, 15) is 14.7 Å². The highest BCUT2D eigenvalue weighted by Gasteiger charge is 2.77. The Bertz CT molecular complexity index is 1370. The predicted molar refractivity (Wildman–Crippen MR) is 166 cm³/mol. The van der Waals surface area contributed by atoms with E-state index in [0.717, 1.165) is 5.56 Å². The zero-order chi connectivity index (χ0) is 30.2. The minimum absolute atomic E-state index is 0.0503. The maximum absolute atomic E-state index is 15.0. The van der Waals surface area contributed by atoms with E-state index in [1.54, 1.807) is 39.8 Å². The summed E-state index contributed by atoms with van der Waals surface area (Å²) in [5.41, 5.74) is 2.08. The summed E-state index contributed by atoms with van der Waals surface area (Å²) < 4.78 is 4.74. The van der Waals surface area contributed by atoms with Gasteiger partial charge in [-0.1, -0.05) is 73.1 Å². The van der Waals surface area contributed by atoms with Crippen molar-refractivity contribution in [2.75, 3.05) is 24.7 Å². The van der Waals surface area contributed by atoms with E-state index in [2.05, 4.69) is 20.1 Å². The van der Waals surface area contributed by atoms with Crippen LogP contribution < -0.4 is 4.90 Å². The molecule has 42 heavy (non-hydrogen) atoms. The van der Waals surface area contributed by atoms with Crippen LogP contribution >= 0.6 is 23.4 Å². The lowest BCUT2D eigenvalue weighted by Crippen LogP contribution is -2.58. The summed E-state index contributed by atoms with van der Waals surface area (Å²) in [7, 11) is 0. The molecule has 2 bridgehead atoms. The molecule has 0 radical (unpaired) electrons. The molecular formula is C33H37ClN2O5S. The molecular weight excluding hydrogens is 572 g/mol. The summed E-state index contributed by atoms with van der Waals surface area (Å²) in [4.78, 5) is 46.4. The van der Waals surface area contributed by atoms with Gasteiger partial charge >= 0.3 is 5.97 Å². The van der Waals surface area contributed by atoms with E-state index >= 15 is 4.79 Å². The van der Waals surface area contributed by atoms with Crippen molar-refractivity contribution < 1.29 is 24.2 Å². The van der Waals surface area contributed by atoms with Gasteiger partial charge in [0.25, 0.3) is 5.91 Å². The lowest BCUT2D eigenvalue weighted by Gasteiger charge is -2.42. The lowest BCUT2D eigenvalue weighted by molar-refractivity contribution is -0.154. The molecule has 7 nitrogen and oxygen atoms in total. The number of aliphatic hydroxyl groups excluding tert-OH is 1.